The molecule has 4 aromatic heterocycles. The fourth-order valence-corrected chi connectivity index (χ4v) is 8.15. The number of fused-ring (bicyclic) bond motifs is 1. The van der Waals surface area contributed by atoms with E-state index < -0.39 is 0 Å². The quantitative estimate of drug-likeness (QED) is 0.181. The normalized spacial score (nSPS) is 17.2. The number of aromatic nitrogens is 5. The lowest BCUT2D eigenvalue weighted by atomic mass is 9.91. The third kappa shape index (κ3) is 5.84. The summed E-state index contributed by atoms with van der Waals surface area (Å²) in [7, 11) is 0. The van der Waals surface area contributed by atoms with Crippen LogP contribution >= 0.6 is 11.3 Å². The molecule has 11 heteroatoms. The zero-order chi connectivity index (χ0) is 31.8. The van der Waals surface area contributed by atoms with Crippen molar-refractivity contribution in [3.63, 3.8) is 0 Å². The van der Waals surface area contributed by atoms with Crippen LogP contribution in [0.15, 0.2) is 53.3 Å². The van der Waals surface area contributed by atoms with Crippen molar-refractivity contribution >= 4 is 39.6 Å². The van der Waals surface area contributed by atoms with Gasteiger partial charge in [0.05, 0.1) is 11.6 Å². The molecule has 0 saturated carbocycles. The molecule has 10 nitrogen and oxygen atoms in total. The largest absolute Gasteiger partial charge is 0.507 e. The topological polar surface area (TPSA) is 121 Å². The molecule has 0 radical (unpaired) electrons. The molecule has 2 fully saturated rings. The van der Waals surface area contributed by atoms with Crippen molar-refractivity contribution in [1.82, 2.24) is 25.3 Å². The Morgan fingerprint density at radius 3 is 2.35 bits per heavy atom. The molecule has 0 amide bonds. The Bertz CT molecular complexity index is 1820. The van der Waals surface area contributed by atoms with E-state index in [1.165, 1.54) is 16.0 Å². The first kappa shape index (κ1) is 30.3. The van der Waals surface area contributed by atoms with E-state index >= 15 is 0 Å². The first-order valence-electron chi connectivity index (χ1n) is 16.2. The molecule has 1 atom stereocenters. The maximum Gasteiger partial charge on any atom is 0.225 e. The minimum Gasteiger partial charge on any atom is -0.507 e. The van der Waals surface area contributed by atoms with Crippen LogP contribution in [0.25, 0.3) is 21.5 Å². The first-order chi connectivity index (χ1) is 22.4. The van der Waals surface area contributed by atoms with E-state index in [-0.39, 0.29) is 17.6 Å². The molecule has 1 N–H and O–H groups in total. The molecule has 2 aliphatic heterocycles. The van der Waals surface area contributed by atoms with Gasteiger partial charge in [0.25, 0.3) is 0 Å². The smallest absolute Gasteiger partial charge is 0.225 e. The van der Waals surface area contributed by atoms with Gasteiger partial charge in [-0.1, -0.05) is 31.1 Å². The molecule has 1 aromatic carbocycles. The van der Waals surface area contributed by atoms with Crippen LogP contribution in [-0.2, 0) is 4.79 Å². The number of phenolic OH excluding ortho intramolecular Hbond substituents is 1. The standard InChI is InChI=1S/C35H39N7O3S/c1-21(2)28(20-43)31-17-32(40-45-31)41-12-8-23(9-13-41)25-18-36-35(37-19-25)42-14-10-24(11-15-42)33-22(3)27-16-29(38-39-34(27)46-33)26-6-4-5-7-30(26)44/h4-7,16-21,23-24,28,44H,8-15H2,1-3H3. The summed E-state index contributed by atoms with van der Waals surface area (Å²) in [5.41, 5.74) is 3.84. The number of nitrogens with zero attached hydrogens (tertiary/aromatic N) is 7. The summed E-state index contributed by atoms with van der Waals surface area (Å²) in [6.07, 6.45) is 9.02. The maximum atomic E-state index is 11.5. The third-order valence-electron chi connectivity index (χ3n) is 9.73. The predicted octanol–water partition coefficient (Wildman–Crippen LogP) is 6.86. The number of para-hydroxylation sites is 1. The monoisotopic (exact) mass is 637 g/mol. The number of aryl methyl sites for hydroxylation is 1. The van der Waals surface area contributed by atoms with Crippen molar-refractivity contribution in [2.75, 3.05) is 36.0 Å². The van der Waals surface area contributed by atoms with Gasteiger partial charge >= 0.3 is 0 Å². The average Bonchev–Trinajstić information content (AvgIpc) is 3.70. The van der Waals surface area contributed by atoms with E-state index in [2.05, 4.69) is 38.1 Å². The van der Waals surface area contributed by atoms with Crippen LogP contribution in [0.5, 0.6) is 5.75 Å². The summed E-state index contributed by atoms with van der Waals surface area (Å²) in [5, 5.41) is 24.6. The second-order valence-electron chi connectivity index (χ2n) is 12.9. The lowest BCUT2D eigenvalue weighted by molar-refractivity contribution is -0.110. The van der Waals surface area contributed by atoms with Crippen LogP contribution in [0.4, 0.5) is 11.8 Å². The Balaban J connectivity index is 0.952. The molecule has 2 aliphatic rings. The van der Waals surface area contributed by atoms with Crippen molar-refractivity contribution in [3.05, 3.63) is 70.6 Å². The lowest BCUT2D eigenvalue weighted by Crippen LogP contribution is -2.34. The highest BCUT2D eigenvalue weighted by atomic mass is 32.1. The molecule has 238 valence electrons. The number of rotatable bonds is 8. The van der Waals surface area contributed by atoms with Crippen molar-refractivity contribution in [2.45, 2.75) is 64.2 Å². The van der Waals surface area contributed by atoms with Gasteiger partial charge in [-0.2, -0.15) is 0 Å². The SMILES string of the molecule is Cc1c(C2CCN(c3ncc(C4CCN(c5cc(C(C=O)C(C)C)on5)CC4)cn3)CC2)sc2nnc(-c3ccccc3O)cc12. The maximum absolute atomic E-state index is 11.5. The number of anilines is 2. The molecule has 7 rings (SSSR count). The Labute approximate surface area is 272 Å². The van der Waals surface area contributed by atoms with Gasteiger partial charge in [-0.25, -0.2) is 9.97 Å². The van der Waals surface area contributed by atoms with Crippen molar-refractivity contribution in [3.8, 4) is 17.0 Å². The molecule has 46 heavy (non-hydrogen) atoms. The summed E-state index contributed by atoms with van der Waals surface area (Å²) in [6.45, 7) is 9.78. The van der Waals surface area contributed by atoms with Crippen molar-refractivity contribution < 1.29 is 14.4 Å². The highest BCUT2D eigenvalue weighted by molar-refractivity contribution is 7.18. The second-order valence-corrected chi connectivity index (χ2v) is 13.9. The third-order valence-corrected chi connectivity index (χ3v) is 11.1. The number of hydrogen-bond acceptors (Lipinski definition) is 11. The van der Waals surface area contributed by atoms with E-state index in [1.54, 1.807) is 17.4 Å². The molecule has 6 heterocycles. The van der Waals surface area contributed by atoms with Gasteiger partial charge in [-0.3, -0.25) is 0 Å². The lowest BCUT2D eigenvalue weighted by Gasteiger charge is -2.33. The molecule has 0 aliphatic carbocycles. The average molecular weight is 638 g/mol. The Kier molecular flexibility index (Phi) is 8.42. The minimum absolute atomic E-state index is 0.172. The van der Waals surface area contributed by atoms with Gasteiger partial charge in [0.1, 0.15) is 22.6 Å². The summed E-state index contributed by atoms with van der Waals surface area (Å²) in [6, 6.07) is 11.2. The number of carbonyl (C=O) groups excluding carboxylic acids is 1. The van der Waals surface area contributed by atoms with E-state index in [9.17, 15) is 9.90 Å². The Morgan fingerprint density at radius 1 is 0.957 bits per heavy atom. The van der Waals surface area contributed by atoms with E-state index in [1.807, 2.05) is 50.5 Å². The summed E-state index contributed by atoms with van der Waals surface area (Å²) in [5.74, 6) is 3.25. The fourth-order valence-electron chi connectivity index (χ4n) is 6.88. The zero-order valence-electron chi connectivity index (χ0n) is 26.5. The molecule has 0 spiro atoms. The molecule has 0 bridgehead atoms. The van der Waals surface area contributed by atoms with Crippen LogP contribution in [0, 0.1) is 12.8 Å². The minimum atomic E-state index is -0.263. The Hall–Kier alpha value is -4.38. The molecular weight excluding hydrogens is 598 g/mol. The highest BCUT2D eigenvalue weighted by Gasteiger charge is 2.28. The number of phenols is 1. The number of piperidine rings is 2. The van der Waals surface area contributed by atoms with Crippen LogP contribution in [0.1, 0.15) is 79.0 Å². The van der Waals surface area contributed by atoms with E-state index in [0.29, 0.717) is 28.9 Å². The van der Waals surface area contributed by atoms with Gasteiger partial charge in [0, 0.05) is 60.5 Å². The fraction of sp³-hybridized carbons (Fsp3) is 0.429. The zero-order valence-corrected chi connectivity index (χ0v) is 27.3. The van der Waals surface area contributed by atoms with Gasteiger partial charge in [-0.05, 0) is 79.7 Å². The van der Waals surface area contributed by atoms with Crippen LogP contribution in [-0.4, -0.2) is 62.9 Å². The second kappa shape index (κ2) is 12.8. The van der Waals surface area contributed by atoms with Crippen LogP contribution < -0.4 is 9.80 Å². The number of carbonyl (C=O) groups is 1. The molecule has 2 saturated heterocycles. The van der Waals surface area contributed by atoms with E-state index in [4.69, 9.17) is 14.5 Å². The Morgan fingerprint density at radius 2 is 1.65 bits per heavy atom. The van der Waals surface area contributed by atoms with E-state index in [0.717, 1.165) is 80.1 Å². The number of thiophene rings is 1. The molecule has 1 unspecified atom stereocenters. The molecular formula is C35H39N7O3S. The highest BCUT2D eigenvalue weighted by Crippen LogP contribution is 2.41. The van der Waals surface area contributed by atoms with Crippen LogP contribution in [0.3, 0.4) is 0 Å². The first-order valence-corrected chi connectivity index (χ1v) is 17.0. The van der Waals surface area contributed by atoms with Crippen molar-refractivity contribution in [1.29, 1.82) is 0 Å². The number of benzene rings is 1. The van der Waals surface area contributed by atoms with Crippen LogP contribution in [0.2, 0.25) is 0 Å². The summed E-state index contributed by atoms with van der Waals surface area (Å²) < 4.78 is 5.53. The van der Waals surface area contributed by atoms with Gasteiger partial charge in [0.2, 0.25) is 5.95 Å². The predicted molar refractivity (Wildman–Crippen MR) is 180 cm³/mol. The van der Waals surface area contributed by atoms with Gasteiger partial charge < -0.3 is 24.2 Å². The van der Waals surface area contributed by atoms with Gasteiger partial charge in [-0.15, -0.1) is 21.5 Å². The molecule has 5 aromatic rings. The summed E-state index contributed by atoms with van der Waals surface area (Å²) in [4.78, 5) is 28.0. The number of aldehydes is 1. The van der Waals surface area contributed by atoms with Crippen molar-refractivity contribution in [2.24, 2.45) is 5.92 Å². The number of aromatic hydroxyl groups is 1. The number of hydrogen-bond donors (Lipinski definition) is 1. The van der Waals surface area contributed by atoms with Gasteiger partial charge in [0.15, 0.2) is 5.82 Å². The summed E-state index contributed by atoms with van der Waals surface area (Å²) >= 11 is 1.74.